The summed E-state index contributed by atoms with van der Waals surface area (Å²) in [6.45, 7) is 0. The maximum Gasteiger partial charge on any atom is 0.235 e. The number of aromatic amines is 1. The van der Waals surface area contributed by atoms with Gasteiger partial charge in [0.05, 0.1) is 12.8 Å². The Morgan fingerprint density at radius 2 is 1.92 bits per heavy atom. The van der Waals surface area contributed by atoms with E-state index in [2.05, 4.69) is 39.4 Å². The molecule has 0 saturated carbocycles. The fraction of sp³-hybridized carbons (Fsp3) is 0.105. The molecule has 0 unspecified atom stereocenters. The first-order valence-corrected chi connectivity index (χ1v) is 9.04. The third-order valence-electron chi connectivity index (χ3n) is 4.32. The van der Waals surface area contributed by atoms with Gasteiger partial charge in [-0.25, -0.2) is 0 Å². The van der Waals surface area contributed by atoms with Gasteiger partial charge in [0.15, 0.2) is 0 Å². The first-order valence-electron chi connectivity index (χ1n) is 8.22. The summed E-state index contributed by atoms with van der Waals surface area (Å²) in [6.07, 6.45) is 0.754. The Morgan fingerprint density at radius 1 is 1.08 bits per heavy atom. The summed E-state index contributed by atoms with van der Waals surface area (Å²) in [7, 11) is 1.67. The molecule has 6 nitrogen and oxygen atoms in total. The minimum atomic E-state index is 0.730. The van der Waals surface area contributed by atoms with Crippen molar-refractivity contribution in [3.05, 3.63) is 65.2 Å². The molecule has 0 aliphatic rings. The van der Waals surface area contributed by atoms with Gasteiger partial charge < -0.3 is 9.72 Å². The van der Waals surface area contributed by atoms with Crippen molar-refractivity contribution < 1.29 is 4.74 Å². The normalized spacial score (nSPS) is 11.4. The highest BCUT2D eigenvalue weighted by atomic mass is 32.1. The summed E-state index contributed by atoms with van der Waals surface area (Å²) in [5.74, 6) is 1.58. The molecule has 3 aromatic heterocycles. The average molecular weight is 361 g/mol. The molecule has 0 amide bonds. The lowest BCUT2D eigenvalue weighted by molar-refractivity contribution is 0.414. The molecule has 26 heavy (non-hydrogen) atoms. The summed E-state index contributed by atoms with van der Waals surface area (Å²) in [6, 6.07) is 18.3. The van der Waals surface area contributed by atoms with E-state index in [1.807, 2.05) is 34.8 Å². The Hall–Kier alpha value is -3.19. The zero-order chi connectivity index (χ0) is 17.5. The van der Waals surface area contributed by atoms with Crippen molar-refractivity contribution >= 4 is 27.2 Å². The second kappa shape index (κ2) is 5.96. The largest absolute Gasteiger partial charge is 0.497 e. The van der Waals surface area contributed by atoms with Crippen LogP contribution in [0, 0.1) is 0 Å². The number of hydrogen-bond donors (Lipinski definition) is 1. The Balaban J connectivity index is 1.50. The van der Waals surface area contributed by atoms with Crippen LogP contribution in [0.5, 0.6) is 5.75 Å². The fourth-order valence-electron chi connectivity index (χ4n) is 3.01. The maximum atomic E-state index is 5.21. The van der Waals surface area contributed by atoms with Crippen molar-refractivity contribution in [2.45, 2.75) is 6.42 Å². The first kappa shape index (κ1) is 15.1. The van der Waals surface area contributed by atoms with Gasteiger partial charge in [-0.2, -0.15) is 9.61 Å². The number of fused-ring (bicyclic) bond motifs is 2. The molecule has 0 fully saturated rings. The minimum Gasteiger partial charge on any atom is -0.497 e. The molecule has 128 valence electrons. The van der Waals surface area contributed by atoms with Crippen molar-refractivity contribution in [2.75, 3.05) is 7.11 Å². The maximum absolute atomic E-state index is 5.21. The Labute approximate surface area is 153 Å². The number of rotatable bonds is 4. The lowest BCUT2D eigenvalue weighted by Gasteiger charge is -2.01. The molecule has 0 aliphatic carbocycles. The molecule has 1 N–H and O–H groups in total. The third-order valence-corrected chi connectivity index (χ3v) is 5.22. The predicted molar refractivity (Wildman–Crippen MR) is 102 cm³/mol. The summed E-state index contributed by atoms with van der Waals surface area (Å²) in [5.41, 5.74) is 3.18. The van der Waals surface area contributed by atoms with Gasteiger partial charge in [-0.05, 0) is 29.8 Å². The second-order valence-corrected chi connectivity index (χ2v) is 7.05. The van der Waals surface area contributed by atoms with Crippen molar-refractivity contribution in [3.63, 3.8) is 0 Å². The Kier molecular flexibility index (Phi) is 3.46. The number of benzene rings is 2. The van der Waals surface area contributed by atoms with Crippen LogP contribution in [0.15, 0.2) is 54.6 Å². The van der Waals surface area contributed by atoms with E-state index < -0.39 is 0 Å². The Morgan fingerprint density at radius 3 is 2.73 bits per heavy atom. The van der Waals surface area contributed by atoms with E-state index in [0.717, 1.165) is 44.6 Å². The standard InChI is InChI=1S/C19H15N5OS/c1-25-14-8-6-12(7-9-14)10-17-23-24-18(21-22-19(24)26-17)16-11-13-4-2-3-5-15(13)20-16/h2-9,11,20H,10H2,1H3. The van der Waals surface area contributed by atoms with E-state index in [-0.39, 0.29) is 0 Å². The molecule has 5 rings (SSSR count). The van der Waals surface area contributed by atoms with Gasteiger partial charge in [0.2, 0.25) is 10.8 Å². The molecule has 3 heterocycles. The summed E-state index contributed by atoms with van der Waals surface area (Å²) >= 11 is 1.56. The number of aromatic nitrogens is 5. The van der Waals surface area contributed by atoms with Crippen molar-refractivity contribution in [3.8, 4) is 17.3 Å². The van der Waals surface area contributed by atoms with Crippen molar-refractivity contribution in [1.82, 2.24) is 24.8 Å². The van der Waals surface area contributed by atoms with E-state index in [1.165, 1.54) is 5.56 Å². The number of H-pyrrole nitrogens is 1. The molecule has 0 aliphatic heterocycles. The van der Waals surface area contributed by atoms with Crippen LogP contribution in [-0.4, -0.2) is 31.9 Å². The topological polar surface area (TPSA) is 68.1 Å². The predicted octanol–water partition coefficient (Wildman–Crippen LogP) is 3.93. The smallest absolute Gasteiger partial charge is 0.235 e. The van der Waals surface area contributed by atoms with Crippen LogP contribution >= 0.6 is 11.3 Å². The van der Waals surface area contributed by atoms with Crippen molar-refractivity contribution in [1.29, 1.82) is 0 Å². The zero-order valence-electron chi connectivity index (χ0n) is 14.0. The highest BCUT2D eigenvalue weighted by Crippen LogP contribution is 2.26. The van der Waals surface area contributed by atoms with E-state index in [1.54, 1.807) is 18.4 Å². The summed E-state index contributed by atoms with van der Waals surface area (Å²) in [5, 5.41) is 15.4. The van der Waals surface area contributed by atoms with Crippen LogP contribution in [0.3, 0.4) is 0 Å². The highest BCUT2D eigenvalue weighted by Gasteiger charge is 2.15. The molecule has 0 saturated heterocycles. The molecule has 0 atom stereocenters. The number of hydrogen-bond acceptors (Lipinski definition) is 5. The molecule has 0 bridgehead atoms. The molecule has 0 spiro atoms. The van der Waals surface area contributed by atoms with E-state index in [4.69, 9.17) is 9.84 Å². The first-order chi connectivity index (χ1) is 12.8. The number of nitrogens with zero attached hydrogens (tertiary/aromatic N) is 4. The van der Waals surface area contributed by atoms with E-state index in [0.29, 0.717) is 0 Å². The lowest BCUT2D eigenvalue weighted by Crippen LogP contribution is -1.94. The second-order valence-electron chi connectivity index (χ2n) is 6.01. The van der Waals surface area contributed by atoms with Gasteiger partial charge in [0, 0.05) is 17.3 Å². The molecule has 7 heteroatoms. The van der Waals surface area contributed by atoms with Gasteiger partial charge in [0.25, 0.3) is 0 Å². The summed E-state index contributed by atoms with van der Waals surface area (Å²) < 4.78 is 7.02. The highest BCUT2D eigenvalue weighted by molar-refractivity contribution is 7.16. The number of para-hydroxylation sites is 1. The van der Waals surface area contributed by atoms with Gasteiger partial charge in [0.1, 0.15) is 10.8 Å². The van der Waals surface area contributed by atoms with E-state index in [9.17, 15) is 0 Å². The van der Waals surface area contributed by atoms with Crippen LogP contribution in [-0.2, 0) is 6.42 Å². The Bertz CT molecular complexity index is 1170. The molecular formula is C19H15N5OS. The van der Waals surface area contributed by atoms with Crippen LogP contribution in [0.1, 0.15) is 10.6 Å². The molecular weight excluding hydrogens is 346 g/mol. The quantitative estimate of drug-likeness (QED) is 0.527. The van der Waals surface area contributed by atoms with Crippen LogP contribution in [0.25, 0.3) is 27.4 Å². The SMILES string of the molecule is COc1ccc(Cc2nn3c(-c4cc5ccccc5[nH]4)nnc3s2)cc1. The van der Waals surface area contributed by atoms with Gasteiger partial charge in [-0.3, -0.25) is 0 Å². The van der Waals surface area contributed by atoms with Gasteiger partial charge in [-0.1, -0.05) is 41.7 Å². The van der Waals surface area contributed by atoms with E-state index >= 15 is 0 Å². The van der Waals surface area contributed by atoms with Gasteiger partial charge >= 0.3 is 0 Å². The lowest BCUT2D eigenvalue weighted by atomic mass is 10.1. The molecule has 5 aromatic rings. The van der Waals surface area contributed by atoms with Crippen LogP contribution in [0.4, 0.5) is 0 Å². The monoisotopic (exact) mass is 361 g/mol. The van der Waals surface area contributed by atoms with Gasteiger partial charge in [-0.15, -0.1) is 10.2 Å². The molecule has 2 aromatic carbocycles. The number of nitrogens with one attached hydrogen (secondary N) is 1. The minimum absolute atomic E-state index is 0.730. The zero-order valence-corrected chi connectivity index (χ0v) is 14.8. The third kappa shape index (κ3) is 2.53. The average Bonchev–Trinajstić information content (AvgIpc) is 3.35. The van der Waals surface area contributed by atoms with Crippen LogP contribution in [0.2, 0.25) is 0 Å². The van der Waals surface area contributed by atoms with Crippen LogP contribution < -0.4 is 4.74 Å². The number of methoxy groups -OCH3 is 1. The van der Waals surface area contributed by atoms with Crippen molar-refractivity contribution in [2.24, 2.45) is 0 Å². The fourth-order valence-corrected chi connectivity index (χ4v) is 3.88. The molecule has 0 radical (unpaired) electrons. The summed E-state index contributed by atoms with van der Waals surface area (Å²) in [4.78, 5) is 4.18. The number of ether oxygens (including phenoxy) is 1.